The number of aromatic nitrogens is 7. The molecule has 15 nitrogen and oxygen atoms in total. The summed E-state index contributed by atoms with van der Waals surface area (Å²) in [5.41, 5.74) is 7.37. The van der Waals surface area contributed by atoms with Gasteiger partial charge in [-0.25, -0.2) is 29.3 Å². The summed E-state index contributed by atoms with van der Waals surface area (Å²) in [5.74, 6) is 0.0674. The highest BCUT2D eigenvalue weighted by molar-refractivity contribution is 7.40. The van der Waals surface area contributed by atoms with E-state index in [1.165, 1.54) is 17.2 Å². The van der Waals surface area contributed by atoms with Gasteiger partial charge in [-0.05, 0) is 18.4 Å². The third kappa shape index (κ3) is 4.95. The van der Waals surface area contributed by atoms with E-state index < -0.39 is 41.8 Å². The molecule has 2 unspecified atom stereocenters. The summed E-state index contributed by atoms with van der Waals surface area (Å²) in [6.07, 6.45) is 1.34. The molecule has 41 heavy (non-hydrogen) atoms. The van der Waals surface area contributed by atoms with Crippen molar-refractivity contribution in [2.45, 2.75) is 37.1 Å². The van der Waals surface area contributed by atoms with Crippen molar-refractivity contribution in [3.05, 3.63) is 36.4 Å². The topological polar surface area (TPSA) is 187 Å². The maximum atomic E-state index is 15.8. The molecule has 4 aromatic heterocycles. The van der Waals surface area contributed by atoms with Crippen molar-refractivity contribution < 1.29 is 37.0 Å². The second-order valence-electron chi connectivity index (χ2n) is 9.88. The smallest absolute Gasteiger partial charge is 0.330 e. The highest BCUT2D eigenvalue weighted by Crippen LogP contribution is 2.51. The highest BCUT2D eigenvalue weighted by atomic mass is 35.5. The van der Waals surface area contributed by atoms with E-state index in [4.69, 9.17) is 40.2 Å². The first-order chi connectivity index (χ1) is 19.9. The predicted molar refractivity (Wildman–Crippen MR) is 143 cm³/mol. The van der Waals surface area contributed by atoms with Gasteiger partial charge in [-0.1, -0.05) is 11.6 Å². The molecule has 6 heterocycles. The number of nitrogens with zero attached hydrogens (tertiary/aromatic N) is 7. The number of rotatable bonds is 2. The molecular formula is C22H24ClFN8O7P2. The van der Waals surface area contributed by atoms with E-state index in [1.54, 1.807) is 18.6 Å². The van der Waals surface area contributed by atoms with Crippen LogP contribution in [0.3, 0.4) is 0 Å². The summed E-state index contributed by atoms with van der Waals surface area (Å²) in [6, 6.07) is 1.56. The molecule has 2 aliphatic heterocycles. The number of fused-ring (bicyclic) bond motifs is 4. The van der Waals surface area contributed by atoms with Gasteiger partial charge in [0.2, 0.25) is 0 Å². The Labute approximate surface area is 238 Å². The molecule has 0 spiro atoms. The minimum absolute atomic E-state index is 0.0678. The highest BCUT2D eigenvalue weighted by Gasteiger charge is 2.50. The molecule has 19 heteroatoms. The first-order valence-corrected chi connectivity index (χ1v) is 15.3. The first kappa shape index (κ1) is 27.6. The monoisotopic (exact) mass is 628 g/mol. The third-order valence-electron chi connectivity index (χ3n) is 7.73. The Bertz CT molecular complexity index is 1570. The minimum atomic E-state index is -2.47. The maximum Gasteiger partial charge on any atom is 0.330 e. The van der Waals surface area contributed by atoms with Crippen molar-refractivity contribution in [1.82, 2.24) is 34.1 Å². The predicted octanol–water partition coefficient (Wildman–Crippen LogP) is 2.81. The van der Waals surface area contributed by atoms with Crippen molar-refractivity contribution >= 4 is 56.8 Å². The molecule has 0 radical (unpaired) electrons. The summed E-state index contributed by atoms with van der Waals surface area (Å²) in [6.45, 7) is -0.0107. The lowest BCUT2D eigenvalue weighted by Crippen LogP contribution is -2.43. The van der Waals surface area contributed by atoms with E-state index in [2.05, 4.69) is 24.9 Å². The molecule has 7 rings (SSSR count). The summed E-state index contributed by atoms with van der Waals surface area (Å²) in [7, 11) is -4.80. The number of anilines is 1. The van der Waals surface area contributed by atoms with E-state index in [-0.39, 0.29) is 48.7 Å². The largest absolute Gasteiger partial charge is 0.382 e. The molecule has 9 atom stereocenters. The fourth-order valence-electron chi connectivity index (χ4n) is 5.59. The van der Waals surface area contributed by atoms with E-state index in [0.717, 1.165) is 0 Å². The molecule has 0 bridgehead atoms. The first-order valence-electron chi connectivity index (χ1n) is 12.6. The fourth-order valence-corrected chi connectivity index (χ4v) is 7.27. The van der Waals surface area contributed by atoms with Gasteiger partial charge < -0.3 is 47.5 Å². The van der Waals surface area contributed by atoms with Crippen LogP contribution < -0.4 is 5.73 Å². The Balaban J connectivity index is 1.09. The minimum Gasteiger partial charge on any atom is -0.382 e. The zero-order valence-electron chi connectivity index (χ0n) is 21.1. The zero-order chi connectivity index (χ0) is 28.2. The van der Waals surface area contributed by atoms with Crippen LogP contribution in [0.5, 0.6) is 0 Å². The van der Waals surface area contributed by atoms with Crippen LogP contribution in [0.2, 0.25) is 5.15 Å². The standard InChI is InChI=1S/C22H24ClFN8O7P2/c23-18-11-1-2-31(20(11)28-7-26-18)22-15(24)17-14(38-22)6-37-40(33)36-5-12-10(4-35-41(34)39-17)3-13(12)32-9-30-16-19(25)27-8-29-21(16)32/h1-2,7-10,12-15,17,22,33-34H,3-6H2,(H2,25,27,29)/t10-,12-,13-,14-,15+,17-,22-,40?,41?/m1/s1. The fraction of sp³-hybridized carbons (Fsp3) is 0.500. The summed E-state index contributed by atoms with van der Waals surface area (Å²) in [4.78, 5) is 41.9. The van der Waals surface area contributed by atoms with Gasteiger partial charge in [0.15, 0.2) is 23.9 Å². The molecule has 1 saturated carbocycles. The average Bonchev–Trinajstić information content (AvgIpc) is 3.64. The molecular weight excluding hydrogens is 605 g/mol. The number of hydrogen-bond donors (Lipinski definition) is 3. The lowest BCUT2D eigenvalue weighted by Gasteiger charge is -2.45. The second-order valence-corrected chi connectivity index (χ2v) is 12.2. The number of nitrogen functional groups attached to an aromatic ring is 1. The molecule has 0 aromatic carbocycles. The third-order valence-corrected chi connectivity index (χ3v) is 9.56. The van der Waals surface area contributed by atoms with Gasteiger partial charge in [-0.15, -0.1) is 0 Å². The molecule has 3 fully saturated rings. The summed E-state index contributed by atoms with van der Waals surface area (Å²) < 4.78 is 47.7. The van der Waals surface area contributed by atoms with Gasteiger partial charge in [0.1, 0.15) is 41.2 Å². The SMILES string of the molecule is Nc1ncnc2c1ncn2[C@@H]1C[C@@H]2COP(O)O[C@H]3[C@H](F)[C@H](n4ccc5c(Cl)ncnc54)O[C@@H]3COP(O)OC[C@H]21. The lowest BCUT2D eigenvalue weighted by molar-refractivity contribution is -0.0421. The van der Waals surface area contributed by atoms with Crippen LogP contribution in [0.1, 0.15) is 18.7 Å². The number of halogens is 2. The quantitative estimate of drug-likeness (QED) is 0.217. The van der Waals surface area contributed by atoms with Crippen molar-refractivity contribution in [2.24, 2.45) is 11.8 Å². The number of imidazole rings is 1. The Morgan fingerprint density at radius 1 is 0.976 bits per heavy atom. The van der Waals surface area contributed by atoms with E-state index in [0.29, 0.717) is 28.6 Å². The van der Waals surface area contributed by atoms with Gasteiger partial charge in [0.05, 0.1) is 31.5 Å². The van der Waals surface area contributed by atoms with Gasteiger partial charge in [-0.3, -0.25) is 0 Å². The van der Waals surface area contributed by atoms with Gasteiger partial charge in [0, 0.05) is 18.2 Å². The molecule has 4 aromatic rings. The van der Waals surface area contributed by atoms with Crippen molar-refractivity contribution in [3.63, 3.8) is 0 Å². The summed E-state index contributed by atoms with van der Waals surface area (Å²) in [5, 5.41) is 0.743. The van der Waals surface area contributed by atoms with Gasteiger partial charge >= 0.3 is 17.2 Å². The molecule has 1 aliphatic carbocycles. The van der Waals surface area contributed by atoms with Crippen LogP contribution in [-0.2, 0) is 22.8 Å². The number of hydrogen-bond acceptors (Lipinski definition) is 13. The maximum absolute atomic E-state index is 15.8. The molecule has 0 amide bonds. The Morgan fingerprint density at radius 2 is 1.76 bits per heavy atom. The van der Waals surface area contributed by atoms with Crippen LogP contribution in [0.4, 0.5) is 10.2 Å². The molecule has 3 aliphatic rings. The lowest BCUT2D eigenvalue weighted by atomic mass is 9.70. The molecule has 2 saturated heterocycles. The van der Waals surface area contributed by atoms with Crippen LogP contribution in [-0.4, -0.2) is 82.0 Å². The molecule has 218 valence electrons. The van der Waals surface area contributed by atoms with Crippen LogP contribution in [0, 0.1) is 11.8 Å². The van der Waals surface area contributed by atoms with E-state index >= 15 is 4.39 Å². The molecule has 4 N–H and O–H groups in total. The number of nitrogens with two attached hydrogens (primary N) is 1. The second kappa shape index (κ2) is 11.1. The normalized spacial score (nSPS) is 34.8. The Kier molecular flexibility index (Phi) is 7.48. The summed E-state index contributed by atoms with van der Waals surface area (Å²) >= 11 is 6.15. The number of alkyl halides is 1. The van der Waals surface area contributed by atoms with Gasteiger partial charge in [0.25, 0.3) is 0 Å². The zero-order valence-corrected chi connectivity index (χ0v) is 23.6. The van der Waals surface area contributed by atoms with E-state index in [1.807, 2.05) is 4.57 Å². The van der Waals surface area contributed by atoms with Crippen molar-refractivity contribution in [3.8, 4) is 0 Å². The van der Waals surface area contributed by atoms with Crippen molar-refractivity contribution in [2.75, 3.05) is 25.6 Å². The Morgan fingerprint density at radius 3 is 2.63 bits per heavy atom. The van der Waals surface area contributed by atoms with Crippen molar-refractivity contribution in [1.29, 1.82) is 0 Å². The van der Waals surface area contributed by atoms with Gasteiger partial charge in [-0.2, -0.15) is 0 Å². The van der Waals surface area contributed by atoms with Crippen LogP contribution >= 0.6 is 28.8 Å². The number of ether oxygens (including phenoxy) is 1. The van der Waals surface area contributed by atoms with Crippen LogP contribution in [0.25, 0.3) is 22.2 Å². The Hall–Kier alpha value is -2.23. The van der Waals surface area contributed by atoms with Crippen LogP contribution in [0.15, 0.2) is 31.2 Å². The van der Waals surface area contributed by atoms with E-state index in [9.17, 15) is 9.79 Å². The average molecular weight is 629 g/mol.